The van der Waals surface area contributed by atoms with Crippen molar-refractivity contribution in [2.24, 2.45) is 11.8 Å². The molecule has 1 aromatic carbocycles. The minimum Gasteiger partial charge on any atom is -0.489 e. The Hall–Kier alpha value is -2.38. The van der Waals surface area contributed by atoms with Crippen LogP contribution in [-0.4, -0.2) is 74.7 Å². The highest BCUT2D eigenvalue weighted by Gasteiger charge is 2.32. The molecule has 1 saturated heterocycles. The van der Waals surface area contributed by atoms with Gasteiger partial charge < -0.3 is 19.7 Å². The van der Waals surface area contributed by atoms with Crippen molar-refractivity contribution in [3.8, 4) is 5.75 Å². The Morgan fingerprint density at radius 3 is 2.94 bits per heavy atom. The van der Waals surface area contributed by atoms with Crippen molar-refractivity contribution in [1.29, 1.82) is 0 Å². The van der Waals surface area contributed by atoms with Gasteiger partial charge in [-0.15, -0.1) is 0 Å². The van der Waals surface area contributed by atoms with Gasteiger partial charge in [-0.3, -0.25) is 14.5 Å². The Bertz CT molecular complexity index is 767. The number of hydrogen-bond acceptors (Lipinski definition) is 5. The fraction of sp³-hybridized carbons (Fsp3) is 0.583. The Labute approximate surface area is 185 Å². The van der Waals surface area contributed by atoms with E-state index in [0.29, 0.717) is 52.4 Å². The maximum Gasteiger partial charge on any atom is 0.236 e. The number of fused-ring (bicyclic) bond motifs is 3. The molecule has 2 heterocycles. The number of methoxy groups -OCH3 is 1. The first kappa shape index (κ1) is 23.3. The lowest BCUT2D eigenvalue weighted by Crippen LogP contribution is -2.47. The first-order valence-electron chi connectivity index (χ1n) is 11.2. The van der Waals surface area contributed by atoms with Crippen molar-refractivity contribution in [1.82, 2.24) is 15.1 Å². The molecule has 0 radical (unpaired) electrons. The summed E-state index contributed by atoms with van der Waals surface area (Å²) < 4.78 is 11.0. The number of piperidine rings is 1. The smallest absolute Gasteiger partial charge is 0.236 e. The second-order valence-electron chi connectivity index (χ2n) is 8.25. The van der Waals surface area contributed by atoms with E-state index in [1.54, 1.807) is 7.11 Å². The fourth-order valence-corrected chi connectivity index (χ4v) is 4.29. The van der Waals surface area contributed by atoms with E-state index in [-0.39, 0.29) is 23.7 Å². The van der Waals surface area contributed by atoms with Gasteiger partial charge in [-0.05, 0) is 30.9 Å². The number of nitrogens with zero attached hydrogens (tertiary/aromatic N) is 2. The van der Waals surface area contributed by atoms with Gasteiger partial charge in [-0.1, -0.05) is 37.3 Å². The molecule has 1 fully saturated rings. The summed E-state index contributed by atoms with van der Waals surface area (Å²) in [5.41, 5.74) is 1.09. The molecule has 0 aliphatic carbocycles. The van der Waals surface area contributed by atoms with Crippen molar-refractivity contribution in [2.75, 3.05) is 53.0 Å². The highest BCUT2D eigenvalue weighted by Crippen LogP contribution is 2.29. The molecule has 2 aliphatic rings. The van der Waals surface area contributed by atoms with Crippen LogP contribution in [0.1, 0.15) is 25.3 Å². The lowest BCUT2D eigenvalue weighted by molar-refractivity contribution is -0.135. The van der Waals surface area contributed by atoms with Crippen LogP contribution in [0.3, 0.4) is 0 Å². The average Bonchev–Trinajstić information content (AvgIpc) is 2.78. The summed E-state index contributed by atoms with van der Waals surface area (Å²) >= 11 is 0. The van der Waals surface area contributed by atoms with Gasteiger partial charge in [0.1, 0.15) is 12.4 Å². The third-order valence-electron chi connectivity index (χ3n) is 6.13. The lowest BCUT2D eigenvalue weighted by Gasteiger charge is -2.38. The van der Waals surface area contributed by atoms with Crippen LogP contribution < -0.4 is 10.1 Å². The molecule has 7 nitrogen and oxygen atoms in total. The number of likely N-dealkylation sites (N-methyl/N-ethyl adjacent to an activating group) is 1. The third kappa shape index (κ3) is 6.80. The molecule has 0 aromatic heterocycles. The number of carbonyl (C=O) groups is 2. The van der Waals surface area contributed by atoms with Gasteiger partial charge in [0.15, 0.2) is 0 Å². The number of carbonyl (C=O) groups excluding carboxylic acids is 2. The molecule has 31 heavy (non-hydrogen) atoms. The molecule has 0 spiro atoms. The Balaban J connectivity index is 1.73. The first-order chi connectivity index (χ1) is 15.1. The van der Waals surface area contributed by atoms with Gasteiger partial charge in [0, 0.05) is 45.3 Å². The van der Waals surface area contributed by atoms with Gasteiger partial charge in [-0.2, -0.15) is 0 Å². The molecule has 3 rings (SSSR count). The van der Waals surface area contributed by atoms with Gasteiger partial charge in [0.2, 0.25) is 11.8 Å². The normalized spacial score (nSPS) is 22.5. The van der Waals surface area contributed by atoms with E-state index in [1.165, 1.54) is 0 Å². The molecular weight excluding hydrogens is 394 g/mol. The molecule has 2 bridgehead atoms. The number of rotatable bonds is 6. The predicted molar refractivity (Wildman–Crippen MR) is 120 cm³/mol. The number of hydrogen-bond donors (Lipinski definition) is 1. The number of amides is 2. The van der Waals surface area contributed by atoms with Gasteiger partial charge >= 0.3 is 0 Å². The van der Waals surface area contributed by atoms with E-state index in [4.69, 9.17) is 9.47 Å². The first-order valence-corrected chi connectivity index (χ1v) is 11.2. The number of ether oxygens (including phenoxy) is 2. The summed E-state index contributed by atoms with van der Waals surface area (Å²) in [7, 11) is 1.62. The van der Waals surface area contributed by atoms with Crippen molar-refractivity contribution in [2.45, 2.75) is 26.3 Å². The molecule has 2 amide bonds. The number of para-hydroxylation sites is 1. The molecule has 1 aromatic rings. The topological polar surface area (TPSA) is 71.1 Å². The number of benzene rings is 1. The lowest BCUT2D eigenvalue weighted by atomic mass is 9.82. The van der Waals surface area contributed by atoms with Crippen LogP contribution in [0.15, 0.2) is 36.4 Å². The monoisotopic (exact) mass is 429 g/mol. The van der Waals surface area contributed by atoms with Crippen molar-refractivity contribution < 1.29 is 19.1 Å². The minimum absolute atomic E-state index is 0.0421. The Morgan fingerprint density at radius 2 is 2.13 bits per heavy atom. The summed E-state index contributed by atoms with van der Waals surface area (Å²) in [6, 6.07) is 8.01. The van der Waals surface area contributed by atoms with Crippen LogP contribution in [0, 0.1) is 11.8 Å². The van der Waals surface area contributed by atoms with E-state index in [9.17, 15) is 9.59 Å². The molecular formula is C24H35N3O4. The number of nitrogens with one attached hydrogen (secondary N) is 1. The van der Waals surface area contributed by atoms with Crippen LogP contribution in [-0.2, 0) is 20.9 Å². The standard InChI is InChI=1S/C24H35N3O4/c1-3-26-16-21-7-4-5-9-22(21)31-13-6-8-20-17-27(24(29)18-26)12-10-19(20)15-23(28)25-11-14-30-2/h4-9,19-20H,3,10-18H2,1-2H3,(H,25,28)/t19-,20-/m0/s1. The molecule has 170 valence electrons. The summed E-state index contributed by atoms with van der Waals surface area (Å²) in [6.07, 6.45) is 5.45. The highest BCUT2D eigenvalue weighted by atomic mass is 16.5. The second-order valence-corrected chi connectivity index (χ2v) is 8.25. The Kier molecular flexibility index (Phi) is 8.91. The zero-order chi connectivity index (χ0) is 22.1. The molecule has 0 saturated carbocycles. The quantitative estimate of drug-likeness (QED) is 0.554. The van der Waals surface area contributed by atoms with E-state index in [2.05, 4.69) is 29.3 Å². The second kappa shape index (κ2) is 11.9. The van der Waals surface area contributed by atoms with Gasteiger partial charge in [-0.25, -0.2) is 0 Å². The van der Waals surface area contributed by atoms with Crippen molar-refractivity contribution in [3.63, 3.8) is 0 Å². The van der Waals surface area contributed by atoms with E-state index < -0.39 is 0 Å². The maximum atomic E-state index is 13.0. The fourth-order valence-electron chi connectivity index (χ4n) is 4.29. The molecule has 2 atom stereocenters. The highest BCUT2D eigenvalue weighted by molar-refractivity contribution is 5.79. The Morgan fingerprint density at radius 1 is 1.29 bits per heavy atom. The van der Waals surface area contributed by atoms with Crippen LogP contribution in [0.25, 0.3) is 0 Å². The molecule has 0 unspecified atom stereocenters. The van der Waals surface area contributed by atoms with Gasteiger partial charge in [0.25, 0.3) is 0 Å². The van der Waals surface area contributed by atoms with E-state index in [1.807, 2.05) is 29.2 Å². The average molecular weight is 430 g/mol. The largest absolute Gasteiger partial charge is 0.489 e. The predicted octanol–water partition coefficient (Wildman–Crippen LogP) is 2.07. The van der Waals surface area contributed by atoms with Crippen LogP contribution in [0.5, 0.6) is 5.75 Å². The van der Waals surface area contributed by atoms with Crippen LogP contribution in [0.4, 0.5) is 0 Å². The van der Waals surface area contributed by atoms with Crippen molar-refractivity contribution >= 4 is 11.8 Å². The molecule has 1 N–H and O–H groups in total. The molecule has 2 aliphatic heterocycles. The van der Waals surface area contributed by atoms with Crippen LogP contribution in [0.2, 0.25) is 0 Å². The van der Waals surface area contributed by atoms with E-state index >= 15 is 0 Å². The zero-order valence-electron chi connectivity index (χ0n) is 18.7. The summed E-state index contributed by atoms with van der Waals surface area (Å²) in [5, 5.41) is 2.91. The van der Waals surface area contributed by atoms with Gasteiger partial charge in [0.05, 0.1) is 13.2 Å². The SMILES string of the molecule is CCN1CC(=O)N2CC[C@@H](CC(=O)NCCOC)[C@@H](C=CCOc3ccccc3C1)C2. The third-order valence-corrected chi connectivity index (χ3v) is 6.13. The van der Waals surface area contributed by atoms with Crippen molar-refractivity contribution in [3.05, 3.63) is 42.0 Å². The van der Waals surface area contributed by atoms with Crippen LogP contribution >= 0.6 is 0 Å². The zero-order valence-corrected chi connectivity index (χ0v) is 18.7. The summed E-state index contributed by atoms with van der Waals surface area (Å²) in [4.78, 5) is 29.5. The molecule has 7 heteroatoms. The maximum absolute atomic E-state index is 13.0. The van der Waals surface area contributed by atoms with E-state index in [0.717, 1.165) is 24.3 Å². The minimum atomic E-state index is 0.0421. The summed E-state index contributed by atoms with van der Waals surface area (Å²) in [5.74, 6) is 1.40. The summed E-state index contributed by atoms with van der Waals surface area (Å²) in [6.45, 7) is 6.79.